The lowest BCUT2D eigenvalue weighted by Crippen LogP contribution is -2.38. The maximum atomic E-state index is 12.5. The van der Waals surface area contributed by atoms with Gasteiger partial charge in [-0.1, -0.05) is 12.1 Å². The van der Waals surface area contributed by atoms with Gasteiger partial charge in [-0.15, -0.1) is 0 Å². The van der Waals surface area contributed by atoms with Gasteiger partial charge < -0.3 is 4.74 Å². The van der Waals surface area contributed by atoms with Crippen LogP contribution in [-0.2, 0) is 0 Å². The number of rotatable bonds is 3. The van der Waals surface area contributed by atoms with Crippen molar-refractivity contribution in [3.63, 3.8) is 0 Å². The summed E-state index contributed by atoms with van der Waals surface area (Å²) in [6.45, 7) is 0.373. The molecule has 0 radical (unpaired) electrons. The van der Waals surface area contributed by atoms with Crippen LogP contribution in [-0.4, -0.2) is 12.5 Å². The Labute approximate surface area is 95.6 Å². The molecule has 0 spiro atoms. The average molecular weight is 277 g/mol. The predicted octanol–water partition coefficient (Wildman–Crippen LogP) is 3.87. The third-order valence-electron chi connectivity index (χ3n) is 2.49. The Morgan fingerprint density at radius 3 is 2.60 bits per heavy atom. The molecule has 1 aromatic rings. The van der Waals surface area contributed by atoms with E-state index in [9.17, 15) is 8.78 Å². The lowest BCUT2D eigenvalue weighted by molar-refractivity contribution is -0.119. The van der Waals surface area contributed by atoms with E-state index in [0.717, 1.165) is 4.47 Å². The van der Waals surface area contributed by atoms with Gasteiger partial charge in [0.15, 0.2) is 0 Å². The molecule has 0 amide bonds. The molecule has 4 heteroatoms. The highest BCUT2D eigenvalue weighted by atomic mass is 79.9. The van der Waals surface area contributed by atoms with Crippen LogP contribution in [0.3, 0.4) is 0 Å². The van der Waals surface area contributed by atoms with Crippen LogP contribution in [0.25, 0.3) is 0 Å². The predicted molar refractivity (Wildman–Crippen MR) is 57.3 cm³/mol. The van der Waals surface area contributed by atoms with Crippen LogP contribution in [0.1, 0.15) is 12.8 Å². The molecule has 82 valence electrons. The molecule has 1 aromatic carbocycles. The first kappa shape index (κ1) is 10.9. The van der Waals surface area contributed by atoms with Crippen molar-refractivity contribution in [2.75, 3.05) is 6.61 Å². The van der Waals surface area contributed by atoms with Crippen LogP contribution in [0.2, 0.25) is 0 Å². The summed E-state index contributed by atoms with van der Waals surface area (Å²) in [5.74, 6) is -1.75. The Kier molecular flexibility index (Phi) is 2.96. The summed E-state index contributed by atoms with van der Waals surface area (Å²) in [6.07, 6.45) is -0.0884. The molecule has 0 heterocycles. The van der Waals surface area contributed by atoms with Crippen LogP contribution in [0.5, 0.6) is 5.75 Å². The Morgan fingerprint density at radius 1 is 1.33 bits per heavy atom. The van der Waals surface area contributed by atoms with E-state index in [-0.39, 0.29) is 18.8 Å². The first-order valence-electron chi connectivity index (χ1n) is 4.82. The third kappa shape index (κ3) is 2.68. The van der Waals surface area contributed by atoms with Gasteiger partial charge in [-0.05, 0) is 28.1 Å². The van der Waals surface area contributed by atoms with E-state index in [1.54, 1.807) is 0 Å². The van der Waals surface area contributed by atoms with Crippen molar-refractivity contribution in [3.8, 4) is 5.75 Å². The molecule has 1 saturated carbocycles. The fourth-order valence-electron chi connectivity index (χ4n) is 1.67. The zero-order valence-electron chi connectivity index (χ0n) is 8.05. The van der Waals surface area contributed by atoms with E-state index in [1.165, 1.54) is 0 Å². The molecular formula is C11H11BrF2O. The molecule has 0 atom stereocenters. The van der Waals surface area contributed by atoms with Gasteiger partial charge in [0.2, 0.25) is 5.92 Å². The molecule has 1 nitrogen and oxygen atoms in total. The van der Waals surface area contributed by atoms with Gasteiger partial charge in [0.05, 0.1) is 11.1 Å². The van der Waals surface area contributed by atoms with Crippen molar-refractivity contribution in [2.45, 2.75) is 18.8 Å². The third-order valence-corrected chi connectivity index (χ3v) is 3.14. The first-order chi connectivity index (χ1) is 7.07. The SMILES string of the molecule is FC1(F)CC(COc2ccccc2Br)C1. The van der Waals surface area contributed by atoms with Gasteiger partial charge in [-0.2, -0.15) is 0 Å². The Bertz CT molecular complexity index is 346. The molecule has 0 N–H and O–H groups in total. The highest BCUT2D eigenvalue weighted by Crippen LogP contribution is 2.42. The van der Waals surface area contributed by atoms with Crippen LogP contribution in [0, 0.1) is 5.92 Å². The van der Waals surface area contributed by atoms with Crippen molar-refractivity contribution < 1.29 is 13.5 Å². The van der Waals surface area contributed by atoms with E-state index >= 15 is 0 Å². The summed E-state index contributed by atoms with van der Waals surface area (Å²) in [4.78, 5) is 0. The Balaban J connectivity index is 1.82. The van der Waals surface area contributed by atoms with Gasteiger partial charge >= 0.3 is 0 Å². The van der Waals surface area contributed by atoms with Crippen molar-refractivity contribution >= 4 is 15.9 Å². The number of benzene rings is 1. The number of para-hydroxylation sites is 1. The molecule has 15 heavy (non-hydrogen) atoms. The topological polar surface area (TPSA) is 9.23 Å². The van der Waals surface area contributed by atoms with Crippen LogP contribution in [0.15, 0.2) is 28.7 Å². The Hall–Kier alpha value is -0.640. The standard InChI is InChI=1S/C11H11BrF2O/c12-9-3-1-2-4-10(9)15-7-8-5-11(13,14)6-8/h1-4,8H,5-7H2. The van der Waals surface area contributed by atoms with Crippen LogP contribution in [0.4, 0.5) is 8.78 Å². The molecular weight excluding hydrogens is 266 g/mol. The average Bonchev–Trinajstić information content (AvgIpc) is 2.13. The molecule has 0 unspecified atom stereocenters. The maximum Gasteiger partial charge on any atom is 0.248 e. The first-order valence-corrected chi connectivity index (χ1v) is 5.61. The zero-order chi connectivity index (χ0) is 10.9. The van der Waals surface area contributed by atoms with Gasteiger partial charge in [0.1, 0.15) is 5.75 Å². The number of alkyl halides is 2. The van der Waals surface area contributed by atoms with E-state index in [1.807, 2.05) is 24.3 Å². The van der Waals surface area contributed by atoms with Crippen molar-refractivity contribution in [3.05, 3.63) is 28.7 Å². The van der Waals surface area contributed by atoms with Crippen molar-refractivity contribution in [1.29, 1.82) is 0 Å². The minimum Gasteiger partial charge on any atom is -0.492 e. The van der Waals surface area contributed by atoms with Crippen LogP contribution < -0.4 is 4.74 Å². The lowest BCUT2D eigenvalue weighted by Gasteiger charge is -2.34. The fourth-order valence-corrected chi connectivity index (χ4v) is 2.07. The van der Waals surface area contributed by atoms with Gasteiger partial charge in [-0.25, -0.2) is 8.78 Å². The fraction of sp³-hybridized carbons (Fsp3) is 0.455. The van der Waals surface area contributed by atoms with E-state index in [4.69, 9.17) is 4.74 Å². The maximum absolute atomic E-state index is 12.5. The van der Waals surface area contributed by atoms with Crippen molar-refractivity contribution in [2.24, 2.45) is 5.92 Å². The smallest absolute Gasteiger partial charge is 0.248 e. The second kappa shape index (κ2) is 4.08. The summed E-state index contributed by atoms with van der Waals surface area (Å²) in [5, 5.41) is 0. The molecule has 0 aliphatic heterocycles. The summed E-state index contributed by atoms with van der Waals surface area (Å²) < 4.78 is 31.4. The lowest BCUT2D eigenvalue weighted by atomic mass is 9.82. The van der Waals surface area contributed by atoms with E-state index in [0.29, 0.717) is 12.4 Å². The van der Waals surface area contributed by atoms with E-state index < -0.39 is 5.92 Å². The molecule has 1 aliphatic rings. The largest absolute Gasteiger partial charge is 0.492 e. The molecule has 1 aliphatic carbocycles. The molecule has 0 saturated heterocycles. The summed E-state index contributed by atoms with van der Waals surface area (Å²) in [5.41, 5.74) is 0. The van der Waals surface area contributed by atoms with Gasteiger partial charge in [0.25, 0.3) is 0 Å². The summed E-state index contributed by atoms with van der Waals surface area (Å²) in [7, 11) is 0. The summed E-state index contributed by atoms with van der Waals surface area (Å²) in [6, 6.07) is 7.43. The van der Waals surface area contributed by atoms with Crippen molar-refractivity contribution in [1.82, 2.24) is 0 Å². The molecule has 2 rings (SSSR count). The molecule has 0 aromatic heterocycles. The molecule has 0 bridgehead atoms. The van der Waals surface area contributed by atoms with Gasteiger partial charge in [0, 0.05) is 18.8 Å². The number of halogens is 3. The highest BCUT2D eigenvalue weighted by Gasteiger charge is 2.45. The zero-order valence-corrected chi connectivity index (χ0v) is 9.64. The van der Waals surface area contributed by atoms with Crippen LogP contribution >= 0.6 is 15.9 Å². The second-order valence-electron chi connectivity index (χ2n) is 3.87. The minimum atomic E-state index is -2.46. The molecule has 1 fully saturated rings. The second-order valence-corrected chi connectivity index (χ2v) is 4.73. The summed E-state index contributed by atoms with van der Waals surface area (Å²) >= 11 is 3.34. The normalized spacial score (nSPS) is 19.7. The minimum absolute atomic E-state index is 0.00731. The number of hydrogen-bond acceptors (Lipinski definition) is 1. The highest BCUT2D eigenvalue weighted by molar-refractivity contribution is 9.10. The monoisotopic (exact) mass is 276 g/mol. The number of hydrogen-bond donors (Lipinski definition) is 0. The number of ether oxygens (including phenoxy) is 1. The quantitative estimate of drug-likeness (QED) is 0.814. The van der Waals surface area contributed by atoms with Gasteiger partial charge in [-0.3, -0.25) is 0 Å². The van der Waals surface area contributed by atoms with E-state index in [2.05, 4.69) is 15.9 Å². The Morgan fingerprint density at radius 2 is 2.00 bits per heavy atom.